The third kappa shape index (κ3) is 3.47. The minimum Gasteiger partial charge on any atom is -0.346 e. The number of rotatable bonds is 3. The number of pyridine rings is 1. The minimum absolute atomic E-state index is 0.634. The molecule has 0 radical (unpaired) electrons. The summed E-state index contributed by atoms with van der Waals surface area (Å²) in [7, 11) is 2.25. The van der Waals surface area contributed by atoms with Crippen LogP contribution in [0.25, 0.3) is 22.2 Å². The van der Waals surface area contributed by atoms with Crippen molar-refractivity contribution >= 4 is 11.0 Å². The van der Waals surface area contributed by atoms with E-state index in [2.05, 4.69) is 44.3 Å². The highest BCUT2D eigenvalue weighted by molar-refractivity contribution is 5.93. The maximum absolute atomic E-state index is 4.71. The summed E-state index contributed by atoms with van der Waals surface area (Å²) in [4.78, 5) is 13.2. The average Bonchev–Trinajstić information content (AvgIpc) is 3.35. The van der Waals surface area contributed by atoms with Gasteiger partial charge in [0.2, 0.25) is 0 Å². The smallest absolute Gasteiger partial charge is 0.137 e. The second kappa shape index (κ2) is 7.68. The molecular weight excluding hydrogens is 348 g/mol. The van der Waals surface area contributed by atoms with E-state index in [1.165, 1.54) is 74.8 Å². The van der Waals surface area contributed by atoms with E-state index in [0.717, 1.165) is 17.3 Å². The number of nitrogens with one attached hydrogen (secondary N) is 2. The van der Waals surface area contributed by atoms with E-state index in [-0.39, 0.29) is 0 Å². The molecule has 3 aromatic rings. The first kappa shape index (κ1) is 17.9. The lowest BCUT2D eigenvalue weighted by Gasteiger charge is -2.36. The fraction of sp³-hybridized carbons (Fsp3) is 0.545. The van der Waals surface area contributed by atoms with Crippen molar-refractivity contribution < 1.29 is 0 Å². The molecule has 0 spiro atoms. The number of fused-ring (bicyclic) bond motifs is 1. The first-order valence-electron chi connectivity index (χ1n) is 10.7. The van der Waals surface area contributed by atoms with Gasteiger partial charge >= 0.3 is 0 Å². The van der Waals surface area contributed by atoms with E-state index in [1.54, 1.807) is 0 Å². The normalized spacial score (nSPS) is 25.2. The SMILES string of the molecule is CN1CCCN(C2CCC(c3cnc4[nH]cc(-c5cn[nH]c5)c4c3)CC2)CC1. The molecule has 2 N–H and O–H groups in total. The number of hydrogen-bond donors (Lipinski definition) is 2. The maximum Gasteiger partial charge on any atom is 0.137 e. The van der Waals surface area contributed by atoms with Crippen molar-refractivity contribution in [1.29, 1.82) is 0 Å². The van der Waals surface area contributed by atoms with Crippen LogP contribution in [-0.4, -0.2) is 69.2 Å². The van der Waals surface area contributed by atoms with Crippen molar-refractivity contribution in [2.75, 3.05) is 33.2 Å². The Morgan fingerprint density at radius 2 is 1.89 bits per heavy atom. The summed E-state index contributed by atoms with van der Waals surface area (Å²) >= 11 is 0. The van der Waals surface area contributed by atoms with E-state index in [1.807, 2.05) is 18.6 Å². The zero-order valence-corrected chi connectivity index (χ0v) is 16.7. The topological polar surface area (TPSA) is 63.8 Å². The fourth-order valence-electron chi connectivity index (χ4n) is 5.09. The summed E-state index contributed by atoms with van der Waals surface area (Å²) < 4.78 is 0. The number of hydrogen-bond acceptors (Lipinski definition) is 4. The molecule has 2 aliphatic rings. The van der Waals surface area contributed by atoms with Crippen molar-refractivity contribution in [1.82, 2.24) is 30.0 Å². The molecule has 6 nitrogen and oxygen atoms in total. The lowest BCUT2D eigenvalue weighted by molar-refractivity contribution is 0.154. The van der Waals surface area contributed by atoms with Gasteiger partial charge in [-0.15, -0.1) is 0 Å². The minimum atomic E-state index is 0.634. The summed E-state index contributed by atoms with van der Waals surface area (Å²) in [6, 6.07) is 3.13. The van der Waals surface area contributed by atoms with Gasteiger partial charge in [-0.1, -0.05) is 0 Å². The molecule has 1 aliphatic carbocycles. The van der Waals surface area contributed by atoms with Crippen LogP contribution < -0.4 is 0 Å². The molecule has 0 aromatic carbocycles. The molecule has 5 rings (SSSR count). The van der Waals surface area contributed by atoms with E-state index >= 15 is 0 Å². The van der Waals surface area contributed by atoms with Crippen LogP contribution in [0.3, 0.4) is 0 Å². The van der Waals surface area contributed by atoms with E-state index in [9.17, 15) is 0 Å². The van der Waals surface area contributed by atoms with Gasteiger partial charge in [-0.2, -0.15) is 5.10 Å². The van der Waals surface area contributed by atoms with Crippen LogP contribution in [-0.2, 0) is 0 Å². The first-order chi connectivity index (χ1) is 13.8. The molecule has 3 aromatic heterocycles. The van der Waals surface area contributed by atoms with Crippen LogP contribution in [0.15, 0.2) is 30.9 Å². The molecular formula is C22H30N6. The molecule has 1 saturated carbocycles. The fourth-order valence-corrected chi connectivity index (χ4v) is 5.09. The molecule has 0 bridgehead atoms. The van der Waals surface area contributed by atoms with Crippen LogP contribution in [0.4, 0.5) is 0 Å². The van der Waals surface area contributed by atoms with E-state index in [4.69, 9.17) is 4.98 Å². The Morgan fingerprint density at radius 1 is 1.00 bits per heavy atom. The van der Waals surface area contributed by atoms with Crippen molar-refractivity contribution in [3.63, 3.8) is 0 Å². The molecule has 0 atom stereocenters. The van der Waals surface area contributed by atoms with E-state index in [0.29, 0.717) is 5.92 Å². The summed E-state index contributed by atoms with van der Waals surface area (Å²) in [5.74, 6) is 0.634. The van der Waals surface area contributed by atoms with Crippen molar-refractivity contribution in [3.8, 4) is 11.1 Å². The summed E-state index contributed by atoms with van der Waals surface area (Å²) in [6.07, 6.45) is 14.4. The van der Waals surface area contributed by atoms with Crippen LogP contribution in [0.1, 0.15) is 43.6 Å². The van der Waals surface area contributed by atoms with Gasteiger partial charge in [0.1, 0.15) is 5.65 Å². The molecule has 0 unspecified atom stereocenters. The number of likely N-dealkylation sites (N-methyl/N-ethyl adjacent to an activating group) is 1. The lowest BCUT2D eigenvalue weighted by atomic mass is 9.81. The Balaban J connectivity index is 1.30. The number of aromatic amines is 2. The van der Waals surface area contributed by atoms with Crippen LogP contribution in [0.2, 0.25) is 0 Å². The van der Waals surface area contributed by atoms with Crippen LogP contribution in [0, 0.1) is 0 Å². The second-order valence-corrected chi connectivity index (χ2v) is 8.55. The maximum atomic E-state index is 4.71. The number of nitrogens with zero attached hydrogens (tertiary/aromatic N) is 4. The van der Waals surface area contributed by atoms with E-state index < -0.39 is 0 Å². The number of H-pyrrole nitrogens is 2. The average molecular weight is 379 g/mol. The molecule has 148 valence electrons. The highest BCUT2D eigenvalue weighted by Gasteiger charge is 2.28. The van der Waals surface area contributed by atoms with Crippen molar-refractivity contribution in [2.45, 2.75) is 44.1 Å². The van der Waals surface area contributed by atoms with Crippen molar-refractivity contribution in [3.05, 3.63) is 36.4 Å². The zero-order chi connectivity index (χ0) is 18.9. The van der Waals surface area contributed by atoms with Crippen LogP contribution >= 0.6 is 0 Å². The Kier molecular flexibility index (Phi) is 4.91. The first-order valence-corrected chi connectivity index (χ1v) is 10.7. The Bertz CT molecular complexity index is 906. The predicted molar refractivity (Wildman–Crippen MR) is 112 cm³/mol. The Morgan fingerprint density at radius 3 is 2.71 bits per heavy atom. The second-order valence-electron chi connectivity index (χ2n) is 8.55. The lowest BCUT2D eigenvalue weighted by Crippen LogP contribution is -2.40. The molecule has 4 heterocycles. The molecule has 6 heteroatoms. The highest BCUT2D eigenvalue weighted by atomic mass is 15.2. The van der Waals surface area contributed by atoms with Gasteiger partial charge < -0.3 is 9.88 Å². The van der Waals surface area contributed by atoms with Gasteiger partial charge in [0.05, 0.1) is 6.20 Å². The van der Waals surface area contributed by atoms with Gasteiger partial charge in [0.15, 0.2) is 0 Å². The molecule has 28 heavy (non-hydrogen) atoms. The standard InChI is InChI=1S/C22H30N6/c1-27-7-2-8-28(10-9-27)19-5-3-16(4-6-19)17-11-20-21(18-13-25-26-14-18)15-24-22(20)23-12-17/h11-16,19H,2-10H2,1H3,(H,23,24)(H,25,26). The van der Waals surface area contributed by atoms with Crippen molar-refractivity contribution in [2.24, 2.45) is 0 Å². The Hall–Kier alpha value is -2.18. The molecule has 1 aliphatic heterocycles. The van der Waals surface area contributed by atoms with Gasteiger partial charge in [-0.05, 0) is 69.8 Å². The van der Waals surface area contributed by atoms with Gasteiger partial charge in [-0.25, -0.2) is 4.98 Å². The zero-order valence-electron chi connectivity index (χ0n) is 16.7. The van der Waals surface area contributed by atoms with Gasteiger partial charge in [0.25, 0.3) is 0 Å². The molecule has 1 saturated heterocycles. The predicted octanol–water partition coefficient (Wildman–Crippen LogP) is 3.62. The quantitative estimate of drug-likeness (QED) is 0.731. The highest BCUT2D eigenvalue weighted by Crippen LogP contribution is 2.37. The molecule has 2 fully saturated rings. The molecule has 0 amide bonds. The van der Waals surface area contributed by atoms with Crippen LogP contribution in [0.5, 0.6) is 0 Å². The summed E-state index contributed by atoms with van der Waals surface area (Å²) in [5, 5.41) is 8.21. The summed E-state index contributed by atoms with van der Waals surface area (Å²) in [5.41, 5.74) is 4.65. The largest absolute Gasteiger partial charge is 0.346 e. The Labute approximate surface area is 166 Å². The third-order valence-electron chi connectivity index (χ3n) is 6.80. The third-order valence-corrected chi connectivity index (χ3v) is 6.80. The van der Waals surface area contributed by atoms with Gasteiger partial charge in [0, 0.05) is 54.2 Å². The number of aromatic nitrogens is 4. The summed E-state index contributed by atoms with van der Waals surface area (Å²) in [6.45, 7) is 4.96. The van der Waals surface area contributed by atoms with Gasteiger partial charge in [-0.3, -0.25) is 10.00 Å². The monoisotopic (exact) mass is 378 g/mol.